The quantitative estimate of drug-likeness (QED) is 0.883. The fourth-order valence-electron chi connectivity index (χ4n) is 2.00. The molecule has 0 fully saturated rings. The molecule has 6 nitrogen and oxygen atoms in total. The van der Waals surface area contributed by atoms with Crippen LogP contribution in [0.1, 0.15) is 29.9 Å². The second-order valence-electron chi connectivity index (χ2n) is 5.38. The van der Waals surface area contributed by atoms with Crippen LogP contribution < -0.4 is 10.6 Å². The second-order valence-corrected chi connectivity index (χ2v) is 5.38. The Balaban J connectivity index is 2.02. The van der Waals surface area contributed by atoms with Crippen LogP contribution in [0.5, 0.6) is 0 Å². The topological polar surface area (TPSA) is 76.0 Å². The fourth-order valence-corrected chi connectivity index (χ4v) is 2.00. The van der Waals surface area contributed by atoms with Gasteiger partial charge in [-0.2, -0.15) is 5.10 Å². The number of rotatable bonds is 5. The molecule has 1 aromatic heterocycles. The molecule has 0 bridgehead atoms. The first kappa shape index (κ1) is 15.8. The van der Waals surface area contributed by atoms with Crippen LogP contribution in [-0.4, -0.2) is 27.6 Å². The number of amides is 2. The monoisotopic (exact) mass is 300 g/mol. The lowest BCUT2D eigenvalue weighted by atomic mass is 10.1. The molecular formula is C16H20N4O2. The van der Waals surface area contributed by atoms with Gasteiger partial charge in [-0.15, -0.1) is 0 Å². The summed E-state index contributed by atoms with van der Waals surface area (Å²) in [7, 11) is 1.68. The maximum absolute atomic E-state index is 12.0. The first-order valence-corrected chi connectivity index (χ1v) is 7.14. The SMILES string of the molecule is CC(C)NC(=O)c1cc(NC(=O)Cc2ccccc2)n(C)n1. The molecule has 0 unspecified atom stereocenters. The number of aryl methyl sites for hydroxylation is 1. The van der Waals surface area contributed by atoms with E-state index >= 15 is 0 Å². The predicted octanol–water partition coefficient (Wildman–Crippen LogP) is 1.74. The highest BCUT2D eigenvalue weighted by atomic mass is 16.2. The molecule has 2 rings (SSSR count). The van der Waals surface area contributed by atoms with Gasteiger partial charge in [-0.3, -0.25) is 14.3 Å². The minimum atomic E-state index is -0.255. The number of anilines is 1. The Morgan fingerprint density at radius 1 is 1.23 bits per heavy atom. The maximum Gasteiger partial charge on any atom is 0.272 e. The van der Waals surface area contributed by atoms with Crippen LogP contribution >= 0.6 is 0 Å². The van der Waals surface area contributed by atoms with Crippen molar-refractivity contribution in [2.45, 2.75) is 26.3 Å². The van der Waals surface area contributed by atoms with Gasteiger partial charge >= 0.3 is 0 Å². The number of hydrogen-bond acceptors (Lipinski definition) is 3. The number of nitrogens with one attached hydrogen (secondary N) is 2. The zero-order valence-electron chi connectivity index (χ0n) is 13.0. The zero-order chi connectivity index (χ0) is 16.1. The number of benzene rings is 1. The molecule has 0 aliphatic carbocycles. The number of hydrogen-bond donors (Lipinski definition) is 2. The van der Waals surface area contributed by atoms with Crippen molar-refractivity contribution in [1.82, 2.24) is 15.1 Å². The van der Waals surface area contributed by atoms with E-state index in [2.05, 4.69) is 15.7 Å². The van der Waals surface area contributed by atoms with Gasteiger partial charge in [0.15, 0.2) is 5.69 Å². The molecule has 1 heterocycles. The molecule has 0 aliphatic heterocycles. The number of nitrogens with zero attached hydrogens (tertiary/aromatic N) is 2. The lowest BCUT2D eigenvalue weighted by molar-refractivity contribution is -0.115. The molecule has 0 atom stereocenters. The number of carbonyl (C=O) groups is 2. The molecule has 0 saturated heterocycles. The average molecular weight is 300 g/mol. The van der Waals surface area contributed by atoms with Crippen molar-refractivity contribution in [2.75, 3.05) is 5.32 Å². The summed E-state index contributed by atoms with van der Waals surface area (Å²) in [5, 5.41) is 9.65. The van der Waals surface area contributed by atoms with Gasteiger partial charge in [0.1, 0.15) is 5.82 Å². The van der Waals surface area contributed by atoms with Crippen molar-refractivity contribution in [3.05, 3.63) is 47.7 Å². The van der Waals surface area contributed by atoms with Gasteiger partial charge in [-0.1, -0.05) is 30.3 Å². The van der Waals surface area contributed by atoms with Gasteiger partial charge in [0.2, 0.25) is 5.91 Å². The van der Waals surface area contributed by atoms with Crippen LogP contribution in [0.25, 0.3) is 0 Å². The van der Waals surface area contributed by atoms with Gasteiger partial charge in [0, 0.05) is 19.2 Å². The van der Waals surface area contributed by atoms with Gasteiger partial charge in [0.05, 0.1) is 6.42 Å². The van der Waals surface area contributed by atoms with E-state index in [0.29, 0.717) is 5.82 Å². The smallest absolute Gasteiger partial charge is 0.272 e. The van der Waals surface area contributed by atoms with E-state index in [1.165, 1.54) is 4.68 Å². The maximum atomic E-state index is 12.0. The van der Waals surface area contributed by atoms with Gasteiger partial charge in [-0.05, 0) is 19.4 Å². The summed E-state index contributed by atoms with van der Waals surface area (Å²) in [6, 6.07) is 11.1. The Hall–Kier alpha value is -2.63. The van der Waals surface area contributed by atoms with Crippen molar-refractivity contribution < 1.29 is 9.59 Å². The first-order chi connectivity index (χ1) is 10.5. The summed E-state index contributed by atoms with van der Waals surface area (Å²) in [6.07, 6.45) is 0.277. The van der Waals surface area contributed by atoms with Gasteiger partial charge in [0.25, 0.3) is 5.91 Å². The Morgan fingerprint density at radius 2 is 1.91 bits per heavy atom. The van der Waals surface area contributed by atoms with Crippen LogP contribution in [0.3, 0.4) is 0 Å². The molecule has 0 radical (unpaired) electrons. The van der Waals surface area contributed by atoms with Crippen molar-refractivity contribution in [3.8, 4) is 0 Å². The van der Waals surface area contributed by atoms with E-state index in [1.807, 2.05) is 44.2 Å². The van der Waals surface area contributed by atoms with Crippen molar-refractivity contribution >= 4 is 17.6 Å². The first-order valence-electron chi connectivity index (χ1n) is 7.14. The Kier molecular flexibility index (Phi) is 4.93. The van der Waals surface area contributed by atoms with Crippen LogP contribution in [-0.2, 0) is 18.3 Å². The summed E-state index contributed by atoms with van der Waals surface area (Å²) in [5.74, 6) is 0.0917. The lowest BCUT2D eigenvalue weighted by Gasteiger charge is -2.05. The van der Waals surface area contributed by atoms with Gasteiger partial charge in [-0.25, -0.2) is 0 Å². The second kappa shape index (κ2) is 6.89. The van der Waals surface area contributed by atoms with Crippen molar-refractivity contribution in [2.24, 2.45) is 7.05 Å². The lowest BCUT2D eigenvalue weighted by Crippen LogP contribution is -2.30. The van der Waals surface area contributed by atoms with Crippen LogP contribution in [0.4, 0.5) is 5.82 Å². The van der Waals surface area contributed by atoms with Crippen molar-refractivity contribution in [3.63, 3.8) is 0 Å². The normalized spacial score (nSPS) is 10.5. The van der Waals surface area contributed by atoms with Crippen LogP contribution in [0.15, 0.2) is 36.4 Å². The molecule has 2 aromatic rings. The summed E-state index contributed by atoms with van der Waals surface area (Å²) in [4.78, 5) is 23.9. The average Bonchev–Trinajstić information content (AvgIpc) is 2.80. The minimum absolute atomic E-state index is 0.0330. The molecule has 0 aliphatic rings. The molecule has 1 aromatic carbocycles. The van der Waals surface area contributed by atoms with E-state index in [-0.39, 0.29) is 30.0 Å². The third kappa shape index (κ3) is 4.18. The third-order valence-electron chi connectivity index (χ3n) is 3.01. The van der Waals surface area contributed by atoms with E-state index in [1.54, 1.807) is 13.1 Å². The van der Waals surface area contributed by atoms with E-state index < -0.39 is 0 Å². The van der Waals surface area contributed by atoms with Crippen LogP contribution in [0.2, 0.25) is 0 Å². The fraction of sp³-hybridized carbons (Fsp3) is 0.312. The molecule has 0 spiro atoms. The summed E-state index contributed by atoms with van der Waals surface area (Å²) >= 11 is 0. The molecule has 2 N–H and O–H groups in total. The number of aromatic nitrogens is 2. The molecular weight excluding hydrogens is 280 g/mol. The Bertz CT molecular complexity index is 662. The summed E-state index contributed by atoms with van der Waals surface area (Å²) in [5.41, 5.74) is 1.21. The van der Waals surface area contributed by atoms with E-state index in [9.17, 15) is 9.59 Å². The minimum Gasteiger partial charge on any atom is -0.348 e. The highest BCUT2D eigenvalue weighted by molar-refractivity contribution is 5.96. The Morgan fingerprint density at radius 3 is 2.55 bits per heavy atom. The zero-order valence-corrected chi connectivity index (χ0v) is 13.0. The largest absolute Gasteiger partial charge is 0.348 e. The number of carbonyl (C=O) groups excluding carboxylic acids is 2. The molecule has 116 valence electrons. The third-order valence-corrected chi connectivity index (χ3v) is 3.01. The van der Waals surface area contributed by atoms with E-state index in [4.69, 9.17) is 0 Å². The predicted molar refractivity (Wildman–Crippen MR) is 84.6 cm³/mol. The molecule has 22 heavy (non-hydrogen) atoms. The molecule has 0 saturated carbocycles. The standard InChI is InChI=1S/C16H20N4O2/c1-11(2)17-16(22)13-10-14(20(3)19-13)18-15(21)9-12-7-5-4-6-8-12/h4-8,10-11H,9H2,1-3H3,(H,17,22)(H,18,21). The summed E-state index contributed by atoms with van der Waals surface area (Å²) in [6.45, 7) is 3.76. The van der Waals surface area contributed by atoms with Gasteiger partial charge < -0.3 is 10.6 Å². The molecule has 6 heteroatoms. The molecule has 2 amide bonds. The Labute approximate surface area is 129 Å². The van der Waals surface area contributed by atoms with Crippen LogP contribution in [0, 0.1) is 0 Å². The van der Waals surface area contributed by atoms with Crippen molar-refractivity contribution in [1.29, 1.82) is 0 Å². The summed E-state index contributed by atoms with van der Waals surface area (Å²) < 4.78 is 1.48. The highest BCUT2D eigenvalue weighted by Gasteiger charge is 2.15. The van der Waals surface area contributed by atoms with E-state index in [0.717, 1.165) is 5.56 Å². The highest BCUT2D eigenvalue weighted by Crippen LogP contribution is 2.10.